The van der Waals surface area contributed by atoms with Gasteiger partial charge in [-0.2, -0.15) is 30.7 Å². The van der Waals surface area contributed by atoms with Gasteiger partial charge in [-0.15, -0.1) is 18.6 Å². The summed E-state index contributed by atoms with van der Waals surface area (Å²) in [7, 11) is 0. The van der Waals surface area contributed by atoms with Gasteiger partial charge in [-0.3, -0.25) is 6.08 Å². The molecule has 4 heteroatoms. The zero-order chi connectivity index (χ0) is 10.6. The molecule has 0 N–H and O–H groups in total. The average molecular weight is 294 g/mol. The summed E-state index contributed by atoms with van der Waals surface area (Å²) in [4.78, 5) is 0. The first-order chi connectivity index (χ1) is 6.89. The van der Waals surface area contributed by atoms with E-state index in [1.165, 1.54) is 0 Å². The van der Waals surface area contributed by atoms with Crippen LogP contribution in [0.5, 0.6) is 0 Å². The third-order valence-corrected chi connectivity index (χ3v) is 1.43. The SMILES string of the molecule is [C-]1=CC=CC1.[CH2-]c1ccccc1.[Cl-].[Cl-].[O]=[V+2]. The minimum atomic E-state index is 0. The molecule has 0 radical (unpaired) electrons. The van der Waals surface area contributed by atoms with Crippen LogP contribution < -0.4 is 24.8 Å². The van der Waals surface area contributed by atoms with Crippen LogP contribution in [0.4, 0.5) is 0 Å². The van der Waals surface area contributed by atoms with E-state index in [0.717, 1.165) is 29.4 Å². The second-order valence-corrected chi connectivity index (χ2v) is 2.49. The van der Waals surface area contributed by atoms with Crippen molar-refractivity contribution in [3.05, 3.63) is 67.1 Å². The van der Waals surface area contributed by atoms with E-state index in [2.05, 4.69) is 19.1 Å². The molecule has 0 saturated heterocycles. The summed E-state index contributed by atoms with van der Waals surface area (Å²) in [6.45, 7) is 3.72. The summed E-state index contributed by atoms with van der Waals surface area (Å²) in [5, 5.41) is 0. The summed E-state index contributed by atoms with van der Waals surface area (Å²) in [5.74, 6) is 0. The number of halogens is 2. The Morgan fingerprint density at radius 2 is 1.69 bits per heavy atom. The van der Waals surface area contributed by atoms with Gasteiger partial charge in [0.15, 0.2) is 0 Å². The molecule has 0 unspecified atom stereocenters. The molecular weight excluding hydrogens is 282 g/mol. The number of benzene rings is 1. The van der Waals surface area contributed by atoms with Gasteiger partial charge in [-0.05, 0) is 0 Å². The van der Waals surface area contributed by atoms with Crippen molar-refractivity contribution in [3.8, 4) is 0 Å². The third-order valence-electron chi connectivity index (χ3n) is 1.43. The molecule has 0 saturated carbocycles. The van der Waals surface area contributed by atoms with Gasteiger partial charge >= 0.3 is 21.0 Å². The van der Waals surface area contributed by atoms with Gasteiger partial charge in [0.2, 0.25) is 0 Å². The molecular formula is C12H12Cl2OV-2. The van der Waals surface area contributed by atoms with E-state index >= 15 is 0 Å². The van der Waals surface area contributed by atoms with Crippen LogP contribution in [0.25, 0.3) is 0 Å². The second kappa shape index (κ2) is 16.9. The van der Waals surface area contributed by atoms with Crippen LogP contribution in [0.15, 0.2) is 48.6 Å². The van der Waals surface area contributed by atoms with E-state index in [0.29, 0.717) is 0 Å². The second-order valence-electron chi connectivity index (χ2n) is 2.49. The normalized spacial score (nSPS) is 9.62. The van der Waals surface area contributed by atoms with Gasteiger partial charge in [-0.1, -0.05) is 6.07 Å². The van der Waals surface area contributed by atoms with E-state index in [9.17, 15) is 0 Å². The topological polar surface area (TPSA) is 17.1 Å². The van der Waals surface area contributed by atoms with Crippen molar-refractivity contribution >= 4 is 0 Å². The van der Waals surface area contributed by atoms with E-state index in [-0.39, 0.29) is 24.8 Å². The van der Waals surface area contributed by atoms with Crippen LogP contribution in [0.3, 0.4) is 0 Å². The van der Waals surface area contributed by atoms with Gasteiger partial charge in [-0.25, -0.2) is 12.2 Å². The van der Waals surface area contributed by atoms with E-state index < -0.39 is 0 Å². The molecule has 0 bridgehead atoms. The summed E-state index contributed by atoms with van der Waals surface area (Å²) in [6, 6.07) is 9.87. The molecule has 0 amide bonds. The Kier molecular flexibility index (Phi) is 22.1. The van der Waals surface area contributed by atoms with Crippen molar-refractivity contribution in [2.24, 2.45) is 0 Å². The first-order valence-corrected chi connectivity index (χ1v) is 4.73. The van der Waals surface area contributed by atoms with Crippen LogP contribution in [0.1, 0.15) is 12.0 Å². The molecule has 1 aliphatic carbocycles. The van der Waals surface area contributed by atoms with Gasteiger partial charge in [0, 0.05) is 0 Å². The van der Waals surface area contributed by atoms with E-state index in [1.54, 1.807) is 0 Å². The van der Waals surface area contributed by atoms with Crippen molar-refractivity contribution in [2.45, 2.75) is 6.42 Å². The predicted molar refractivity (Wildman–Crippen MR) is 53.2 cm³/mol. The quantitative estimate of drug-likeness (QED) is 0.468. The van der Waals surface area contributed by atoms with Crippen LogP contribution in [0.2, 0.25) is 0 Å². The maximum absolute atomic E-state index is 8.19. The van der Waals surface area contributed by atoms with E-state index in [4.69, 9.17) is 3.67 Å². The Morgan fingerprint density at radius 1 is 1.12 bits per heavy atom. The monoisotopic (exact) mass is 293 g/mol. The van der Waals surface area contributed by atoms with Crippen LogP contribution in [-0.2, 0) is 21.0 Å². The number of hydrogen-bond donors (Lipinski definition) is 0. The zero-order valence-corrected chi connectivity index (χ0v) is 11.6. The Hall–Kier alpha value is -0.466. The summed E-state index contributed by atoms with van der Waals surface area (Å²) in [5.41, 5.74) is 1.07. The maximum atomic E-state index is 8.19. The molecule has 0 atom stereocenters. The molecule has 0 aliphatic heterocycles. The Morgan fingerprint density at radius 3 is 1.88 bits per heavy atom. The molecule has 0 heterocycles. The zero-order valence-electron chi connectivity index (χ0n) is 8.64. The van der Waals surface area contributed by atoms with Crippen LogP contribution >= 0.6 is 0 Å². The Labute approximate surface area is 119 Å². The van der Waals surface area contributed by atoms with Crippen molar-refractivity contribution < 1.29 is 45.9 Å². The summed E-state index contributed by atoms with van der Waals surface area (Å²) >= 11 is 1.06. The molecule has 0 aromatic heterocycles. The molecule has 87 valence electrons. The van der Waals surface area contributed by atoms with Crippen molar-refractivity contribution in [1.29, 1.82) is 0 Å². The molecule has 1 aliphatic rings. The summed E-state index contributed by atoms with van der Waals surface area (Å²) in [6.07, 6.45) is 10.0. The average Bonchev–Trinajstić information content (AvgIpc) is 2.80. The molecule has 0 spiro atoms. The Bertz CT molecular complexity index is 276. The Balaban J connectivity index is -0.000000169. The summed E-state index contributed by atoms with van der Waals surface area (Å²) < 4.78 is 8.19. The fourth-order valence-electron chi connectivity index (χ4n) is 0.818. The molecule has 1 aromatic carbocycles. The van der Waals surface area contributed by atoms with Crippen molar-refractivity contribution in [2.75, 3.05) is 0 Å². The van der Waals surface area contributed by atoms with Crippen LogP contribution in [0, 0.1) is 13.0 Å². The minimum absolute atomic E-state index is 0. The fraction of sp³-hybridized carbons (Fsp3) is 0.0833. The van der Waals surface area contributed by atoms with Gasteiger partial charge in [0.25, 0.3) is 0 Å². The molecule has 1 aromatic rings. The van der Waals surface area contributed by atoms with Gasteiger partial charge in [0.05, 0.1) is 0 Å². The number of rotatable bonds is 0. The van der Waals surface area contributed by atoms with Crippen molar-refractivity contribution in [3.63, 3.8) is 0 Å². The fourth-order valence-corrected chi connectivity index (χ4v) is 0.818. The molecule has 1 nitrogen and oxygen atoms in total. The standard InChI is InChI=1S/C7H7.C5H5.2ClH.O.V/c1-7-5-3-2-4-6-7;1-2-4-5-3-1;;;;/h2-6H,1H2;1-3H,4H2;2*1H;;/q2*-1;;;;+2/p-2. The molecule has 2 rings (SSSR count). The van der Waals surface area contributed by atoms with Gasteiger partial charge < -0.3 is 24.8 Å². The first kappa shape index (κ1) is 20.9. The third kappa shape index (κ3) is 13.5. The predicted octanol–water partition coefficient (Wildman–Crippen LogP) is -2.94. The number of allylic oxidation sites excluding steroid dienone is 4. The first-order valence-electron chi connectivity index (χ1n) is 4.16. The van der Waals surface area contributed by atoms with E-state index in [1.807, 2.05) is 42.5 Å². The van der Waals surface area contributed by atoms with Gasteiger partial charge in [0.1, 0.15) is 0 Å². The van der Waals surface area contributed by atoms with Crippen molar-refractivity contribution in [1.82, 2.24) is 0 Å². The molecule has 16 heavy (non-hydrogen) atoms. The van der Waals surface area contributed by atoms with Crippen LogP contribution in [-0.4, -0.2) is 0 Å². The molecule has 0 fully saturated rings. The number of hydrogen-bond acceptors (Lipinski definition) is 1.